The summed E-state index contributed by atoms with van der Waals surface area (Å²) in [5, 5.41) is 4.03. The van der Waals surface area contributed by atoms with E-state index in [0.717, 1.165) is 21.9 Å². The van der Waals surface area contributed by atoms with E-state index in [-0.39, 0.29) is 5.91 Å². The van der Waals surface area contributed by atoms with Crippen LogP contribution in [0, 0.1) is 0 Å². The first kappa shape index (κ1) is 14.8. The zero-order valence-corrected chi connectivity index (χ0v) is 13.4. The number of thiazole rings is 1. The molecular weight excluding hydrogens is 320 g/mol. The smallest absolute Gasteiger partial charge is 0.262 e. The number of nitrogens with one attached hydrogen (secondary N) is 1. The highest BCUT2D eigenvalue weighted by Crippen LogP contribution is 2.29. The van der Waals surface area contributed by atoms with Gasteiger partial charge in [0.2, 0.25) is 0 Å². The molecule has 1 aliphatic heterocycles. The number of nitrogens with zero attached hydrogens (tertiary/aromatic N) is 1. The van der Waals surface area contributed by atoms with Gasteiger partial charge in [-0.05, 0) is 35.9 Å². The number of aromatic nitrogens is 1. The molecule has 6 heteroatoms. The zero-order chi connectivity index (χ0) is 15.5. The summed E-state index contributed by atoms with van der Waals surface area (Å²) in [6.45, 7) is 0.499. The number of hydrogen-bond donors (Lipinski definition) is 1. The highest BCUT2D eigenvalue weighted by atomic mass is 35.5. The van der Waals surface area contributed by atoms with Gasteiger partial charge < -0.3 is 10.1 Å². The van der Waals surface area contributed by atoms with Gasteiger partial charge in [0.15, 0.2) is 0 Å². The maximum Gasteiger partial charge on any atom is 0.262 e. The lowest BCUT2D eigenvalue weighted by Gasteiger charge is -2.16. The van der Waals surface area contributed by atoms with Gasteiger partial charge in [-0.25, -0.2) is 4.98 Å². The first-order valence-corrected chi connectivity index (χ1v) is 7.84. The number of fused-ring (bicyclic) bond motifs is 1. The molecule has 0 bridgehead atoms. The van der Waals surface area contributed by atoms with Gasteiger partial charge >= 0.3 is 0 Å². The van der Waals surface area contributed by atoms with Crippen LogP contribution in [0.25, 0.3) is 12.2 Å². The average Bonchev–Trinajstić information content (AvgIpc) is 3.00. The third-order valence-corrected chi connectivity index (χ3v) is 4.32. The van der Waals surface area contributed by atoms with Crippen molar-refractivity contribution in [2.24, 2.45) is 0 Å². The topological polar surface area (TPSA) is 51.2 Å². The van der Waals surface area contributed by atoms with Crippen molar-refractivity contribution in [2.45, 2.75) is 0 Å². The number of hydrogen-bond acceptors (Lipinski definition) is 4. The Bertz CT molecular complexity index is 780. The first-order chi connectivity index (χ1) is 10.7. The van der Waals surface area contributed by atoms with Crippen LogP contribution in [-0.2, 0) is 0 Å². The second-order valence-electron chi connectivity index (χ2n) is 4.67. The summed E-state index contributed by atoms with van der Waals surface area (Å²) >= 11 is 7.34. The van der Waals surface area contributed by atoms with Gasteiger partial charge in [0, 0.05) is 17.6 Å². The molecule has 2 heterocycles. The summed E-state index contributed by atoms with van der Waals surface area (Å²) in [7, 11) is 1.60. The van der Waals surface area contributed by atoms with Gasteiger partial charge in [0.1, 0.15) is 22.2 Å². The Morgan fingerprint density at radius 1 is 1.45 bits per heavy atom. The molecule has 0 aliphatic carbocycles. The standard InChI is InChI=1S/C16H13ClN2O2S/c1-18-16(20)14-8-19-15(22-14)5-2-10-6-11-7-12(17)3-4-13(11)21-9-10/h2-8H,9H2,1H3,(H,18,20)/b5-2-. The van der Waals surface area contributed by atoms with Crippen molar-refractivity contribution < 1.29 is 9.53 Å². The van der Waals surface area contributed by atoms with Crippen LogP contribution in [0.15, 0.2) is 36.0 Å². The summed E-state index contributed by atoms with van der Waals surface area (Å²) in [5.74, 6) is 0.707. The molecule has 1 aromatic heterocycles. The summed E-state index contributed by atoms with van der Waals surface area (Å²) in [6, 6.07) is 5.55. The third-order valence-electron chi connectivity index (χ3n) is 3.12. The van der Waals surface area contributed by atoms with Gasteiger partial charge in [-0.3, -0.25) is 4.79 Å². The number of ether oxygens (including phenoxy) is 1. The van der Waals surface area contributed by atoms with E-state index in [9.17, 15) is 4.79 Å². The molecule has 3 rings (SSSR count). The minimum Gasteiger partial charge on any atom is -0.488 e. The van der Waals surface area contributed by atoms with Crippen LogP contribution >= 0.6 is 22.9 Å². The van der Waals surface area contributed by atoms with Crippen LogP contribution in [0.2, 0.25) is 5.02 Å². The highest BCUT2D eigenvalue weighted by molar-refractivity contribution is 7.14. The minimum absolute atomic E-state index is 0.124. The Morgan fingerprint density at radius 2 is 2.32 bits per heavy atom. The number of benzene rings is 1. The van der Waals surface area contributed by atoms with E-state index in [0.29, 0.717) is 16.5 Å². The Hall–Kier alpha value is -2.11. The van der Waals surface area contributed by atoms with Gasteiger partial charge in [-0.2, -0.15) is 0 Å². The summed E-state index contributed by atoms with van der Waals surface area (Å²) in [5.41, 5.74) is 1.98. The monoisotopic (exact) mass is 332 g/mol. The molecule has 1 N–H and O–H groups in total. The summed E-state index contributed by atoms with van der Waals surface area (Å²) in [4.78, 5) is 16.3. The molecule has 0 saturated heterocycles. The van der Waals surface area contributed by atoms with Crippen molar-refractivity contribution in [3.8, 4) is 5.75 Å². The maximum absolute atomic E-state index is 11.5. The lowest BCUT2D eigenvalue weighted by molar-refractivity contribution is 0.0967. The van der Waals surface area contributed by atoms with E-state index in [2.05, 4.69) is 10.3 Å². The van der Waals surface area contributed by atoms with Gasteiger partial charge in [-0.1, -0.05) is 17.7 Å². The minimum atomic E-state index is -0.124. The Labute approximate surface area is 137 Å². The first-order valence-electron chi connectivity index (χ1n) is 6.64. The third kappa shape index (κ3) is 3.21. The van der Waals surface area contributed by atoms with Gasteiger partial charge in [0.25, 0.3) is 5.91 Å². The van der Waals surface area contributed by atoms with E-state index in [1.807, 2.05) is 36.4 Å². The lowest BCUT2D eigenvalue weighted by Crippen LogP contribution is -2.16. The second-order valence-corrected chi connectivity index (χ2v) is 6.16. The second kappa shape index (κ2) is 6.34. The number of amides is 1. The Kier molecular flexibility index (Phi) is 4.27. The molecule has 0 radical (unpaired) electrons. The number of carbonyl (C=O) groups is 1. The molecule has 4 nitrogen and oxygen atoms in total. The molecule has 0 unspecified atom stereocenters. The van der Waals surface area contributed by atoms with Crippen LogP contribution in [0.3, 0.4) is 0 Å². The fraction of sp³-hybridized carbons (Fsp3) is 0.125. The summed E-state index contributed by atoms with van der Waals surface area (Å²) < 4.78 is 5.68. The fourth-order valence-corrected chi connectivity index (χ4v) is 2.98. The van der Waals surface area contributed by atoms with Crippen LogP contribution in [0.4, 0.5) is 0 Å². The number of carbonyl (C=O) groups excluding carboxylic acids is 1. The predicted molar refractivity (Wildman–Crippen MR) is 89.5 cm³/mol. The van der Waals surface area contributed by atoms with E-state index in [4.69, 9.17) is 16.3 Å². The number of halogens is 1. The summed E-state index contributed by atoms with van der Waals surface area (Å²) in [6.07, 6.45) is 7.43. The molecule has 0 fully saturated rings. The SMILES string of the molecule is CNC(=O)c1cnc(/C=C\C2=Cc3cc(Cl)ccc3OC2)s1. The van der Waals surface area contributed by atoms with Gasteiger partial charge in [0.05, 0.1) is 6.20 Å². The molecule has 0 atom stereocenters. The van der Waals surface area contributed by atoms with Crippen molar-refractivity contribution in [2.75, 3.05) is 13.7 Å². The molecule has 1 aromatic carbocycles. The number of rotatable bonds is 3. The average molecular weight is 333 g/mol. The van der Waals surface area contributed by atoms with Gasteiger partial charge in [-0.15, -0.1) is 11.3 Å². The normalized spacial score (nSPS) is 13.5. The van der Waals surface area contributed by atoms with Crippen molar-refractivity contribution in [1.82, 2.24) is 10.3 Å². The molecule has 112 valence electrons. The highest BCUT2D eigenvalue weighted by Gasteiger charge is 2.11. The van der Waals surface area contributed by atoms with E-state index < -0.39 is 0 Å². The Balaban J connectivity index is 1.78. The largest absolute Gasteiger partial charge is 0.488 e. The molecule has 0 spiro atoms. The quantitative estimate of drug-likeness (QED) is 0.933. The molecule has 2 aromatic rings. The van der Waals surface area contributed by atoms with Crippen LogP contribution in [-0.4, -0.2) is 24.5 Å². The fourth-order valence-electron chi connectivity index (χ4n) is 2.03. The molecular formula is C16H13ClN2O2S. The molecule has 1 aliphatic rings. The maximum atomic E-state index is 11.5. The predicted octanol–water partition coefficient (Wildman–Crippen LogP) is 3.65. The van der Waals surface area contributed by atoms with Crippen molar-refractivity contribution in [3.63, 3.8) is 0 Å². The molecule has 22 heavy (non-hydrogen) atoms. The van der Waals surface area contributed by atoms with E-state index in [1.54, 1.807) is 13.2 Å². The Morgan fingerprint density at radius 3 is 3.14 bits per heavy atom. The molecule has 1 amide bonds. The van der Waals surface area contributed by atoms with E-state index >= 15 is 0 Å². The van der Waals surface area contributed by atoms with Crippen LogP contribution in [0.5, 0.6) is 5.75 Å². The van der Waals surface area contributed by atoms with Crippen molar-refractivity contribution in [3.05, 3.63) is 56.5 Å². The zero-order valence-electron chi connectivity index (χ0n) is 11.8. The van der Waals surface area contributed by atoms with Crippen molar-refractivity contribution in [1.29, 1.82) is 0 Å². The van der Waals surface area contributed by atoms with Crippen molar-refractivity contribution >= 4 is 41.0 Å². The lowest BCUT2D eigenvalue weighted by atomic mass is 10.1. The van der Waals surface area contributed by atoms with Crippen LogP contribution in [0.1, 0.15) is 20.2 Å². The molecule has 0 saturated carbocycles. The van der Waals surface area contributed by atoms with E-state index in [1.165, 1.54) is 11.3 Å². The van der Waals surface area contributed by atoms with Crippen LogP contribution < -0.4 is 10.1 Å².